The van der Waals surface area contributed by atoms with Gasteiger partial charge in [-0.15, -0.1) is 0 Å². The standard InChI is InChI=1S/C20H16ClNO6S/c21-16-4-1-3-15(11-16)19(23)13-28-20(24)14-6-8-18(9-7-14)29(25,26)22-12-17-5-2-10-27-17/h1-11,22H,12-13H2. The Kier molecular flexibility index (Phi) is 6.48. The molecule has 0 amide bonds. The first-order chi connectivity index (χ1) is 13.8. The molecule has 2 aromatic carbocycles. The maximum atomic E-state index is 12.3. The molecule has 1 aromatic heterocycles. The van der Waals surface area contributed by atoms with E-state index in [-0.39, 0.29) is 17.0 Å². The van der Waals surface area contributed by atoms with Crippen LogP contribution >= 0.6 is 11.6 Å². The summed E-state index contributed by atoms with van der Waals surface area (Å²) in [5.41, 5.74) is 0.447. The zero-order valence-electron chi connectivity index (χ0n) is 15.0. The summed E-state index contributed by atoms with van der Waals surface area (Å²) in [6.45, 7) is -0.450. The molecule has 1 heterocycles. The van der Waals surface area contributed by atoms with E-state index in [2.05, 4.69) is 4.72 Å². The van der Waals surface area contributed by atoms with Crippen LogP contribution in [0.1, 0.15) is 26.5 Å². The number of hydrogen-bond acceptors (Lipinski definition) is 6. The second-order valence-electron chi connectivity index (χ2n) is 5.94. The van der Waals surface area contributed by atoms with Gasteiger partial charge in [0, 0.05) is 10.6 Å². The van der Waals surface area contributed by atoms with Crippen LogP contribution in [0, 0.1) is 0 Å². The van der Waals surface area contributed by atoms with Crippen molar-refractivity contribution in [2.75, 3.05) is 6.61 Å². The van der Waals surface area contributed by atoms with Gasteiger partial charge >= 0.3 is 5.97 Å². The fourth-order valence-corrected chi connectivity index (χ4v) is 3.58. The van der Waals surface area contributed by atoms with E-state index >= 15 is 0 Å². The molecule has 0 aliphatic carbocycles. The van der Waals surface area contributed by atoms with Gasteiger partial charge in [-0.25, -0.2) is 17.9 Å². The van der Waals surface area contributed by atoms with Gasteiger partial charge in [0.1, 0.15) is 5.76 Å². The molecule has 0 aliphatic heterocycles. The van der Waals surface area contributed by atoms with Crippen molar-refractivity contribution in [3.8, 4) is 0 Å². The third kappa shape index (κ3) is 5.54. The minimum atomic E-state index is -3.77. The van der Waals surface area contributed by atoms with Crippen LogP contribution in [0.15, 0.2) is 76.2 Å². The lowest BCUT2D eigenvalue weighted by molar-refractivity contribution is 0.0474. The molecule has 0 bridgehead atoms. The first kappa shape index (κ1) is 20.8. The van der Waals surface area contributed by atoms with Gasteiger partial charge in [0.2, 0.25) is 10.0 Å². The molecule has 7 nitrogen and oxygen atoms in total. The molecular weight excluding hydrogens is 418 g/mol. The molecular formula is C20H16ClNO6S. The molecule has 150 valence electrons. The third-order valence-electron chi connectivity index (χ3n) is 3.90. The van der Waals surface area contributed by atoms with Crippen molar-refractivity contribution in [1.29, 1.82) is 0 Å². The lowest BCUT2D eigenvalue weighted by Crippen LogP contribution is -2.23. The molecule has 0 saturated heterocycles. The van der Waals surface area contributed by atoms with Crippen molar-refractivity contribution in [3.05, 3.63) is 88.8 Å². The predicted octanol–water partition coefficient (Wildman–Crippen LogP) is 3.45. The van der Waals surface area contributed by atoms with Crippen molar-refractivity contribution < 1.29 is 27.2 Å². The smallest absolute Gasteiger partial charge is 0.338 e. The molecule has 0 aliphatic rings. The predicted molar refractivity (Wildman–Crippen MR) is 105 cm³/mol. The number of rotatable bonds is 8. The highest BCUT2D eigenvalue weighted by Gasteiger charge is 2.17. The fraction of sp³-hybridized carbons (Fsp3) is 0.100. The minimum Gasteiger partial charge on any atom is -0.468 e. The SMILES string of the molecule is O=C(COC(=O)c1ccc(S(=O)(=O)NCc2ccco2)cc1)c1cccc(Cl)c1. The van der Waals surface area contributed by atoms with Crippen molar-refractivity contribution in [3.63, 3.8) is 0 Å². The van der Waals surface area contributed by atoms with Gasteiger partial charge in [-0.1, -0.05) is 23.7 Å². The van der Waals surface area contributed by atoms with E-state index in [0.29, 0.717) is 16.3 Å². The zero-order valence-corrected chi connectivity index (χ0v) is 16.6. The number of furan rings is 1. The average Bonchev–Trinajstić information content (AvgIpc) is 3.24. The molecule has 0 atom stereocenters. The summed E-state index contributed by atoms with van der Waals surface area (Å²) in [6.07, 6.45) is 1.45. The summed E-state index contributed by atoms with van der Waals surface area (Å²) in [5.74, 6) is -0.673. The quantitative estimate of drug-likeness (QED) is 0.431. The lowest BCUT2D eigenvalue weighted by atomic mass is 10.1. The molecule has 0 spiro atoms. The number of sulfonamides is 1. The molecule has 0 radical (unpaired) electrons. The van der Waals surface area contributed by atoms with Gasteiger partial charge < -0.3 is 9.15 Å². The maximum Gasteiger partial charge on any atom is 0.338 e. The van der Waals surface area contributed by atoms with Gasteiger partial charge in [-0.05, 0) is 48.5 Å². The van der Waals surface area contributed by atoms with Crippen LogP contribution in [-0.2, 0) is 21.3 Å². The van der Waals surface area contributed by atoms with E-state index in [1.54, 1.807) is 30.3 Å². The van der Waals surface area contributed by atoms with E-state index in [4.69, 9.17) is 20.8 Å². The van der Waals surface area contributed by atoms with E-state index in [1.165, 1.54) is 36.6 Å². The minimum absolute atomic E-state index is 0.00470. The van der Waals surface area contributed by atoms with Crippen molar-refractivity contribution in [1.82, 2.24) is 4.72 Å². The largest absolute Gasteiger partial charge is 0.468 e. The third-order valence-corrected chi connectivity index (χ3v) is 5.55. The Balaban J connectivity index is 1.58. The highest BCUT2D eigenvalue weighted by atomic mass is 35.5. The van der Waals surface area contributed by atoms with E-state index in [0.717, 1.165) is 0 Å². The van der Waals surface area contributed by atoms with Crippen LogP contribution in [0.4, 0.5) is 0 Å². The van der Waals surface area contributed by atoms with Crippen LogP contribution in [0.25, 0.3) is 0 Å². The Labute approximate surface area is 172 Å². The number of carbonyl (C=O) groups excluding carboxylic acids is 2. The number of ether oxygens (including phenoxy) is 1. The van der Waals surface area contributed by atoms with Crippen molar-refractivity contribution in [2.24, 2.45) is 0 Å². The highest BCUT2D eigenvalue weighted by molar-refractivity contribution is 7.89. The van der Waals surface area contributed by atoms with Gasteiger partial charge in [0.05, 0.1) is 23.3 Å². The topological polar surface area (TPSA) is 103 Å². The van der Waals surface area contributed by atoms with Crippen LogP contribution in [0.3, 0.4) is 0 Å². The Morgan fingerprint density at radius 2 is 1.76 bits per heavy atom. The first-order valence-electron chi connectivity index (χ1n) is 8.43. The van der Waals surface area contributed by atoms with Crippen LogP contribution in [0.2, 0.25) is 5.02 Å². The summed E-state index contributed by atoms with van der Waals surface area (Å²) in [5, 5.41) is 0.402. The first-order valence-corrected chi connectivity index (χ1v) is 10.3. The second-order valence-corrected chi connectivity index (χ2v) is 8.14. The van der Waals surface area contributed by atoms with E-state index in [1.807, 2.05) is 0 Å². The van der Waals surface area contributed by atoms with E-state index in [9.17, 15) is 18.0 Å². The number of hydrogen-bond donors (Lipinski definition) is 1. The molecule has 0 saturated carbocycles. The monoisotopic (exact) mass is 433 g/mol. The number of halogens is 1. The Bertz CT molecular complexity index is 1110. The molecule has 9 heteroatoms. The van der Waals surface area contributed by atoms with E-state index < -0.39 is 28.4 Å². The molecule has 1 N–H and O–H groups in total. The van der Waals surface area contributed by atoms with Crippen molar-refractivity contribution >= 4 is 33.4 Å². The molecule has 0 unspecified atom stereocenters. The summed E-state index contributed by atoms with van der Waals surface area (Å²) in [4.78, 5) is 24.2. The normalized spacial score (nSPS) is 11.2. The molecule has 3 aromatic rings. The number of benzene rings is 2. The number of esters is 1. The Morgan fingerprint density at radius 3 is 2.41 bits per heavy atom. The van der Waals surface area contributed by atoms with Crippen LogP contribution < -0.4 is 4.72 Å². The number of carbonyl (C=O) groups is 2. The van der Waals surface area contributed by atoms with Gasteiger partial charge in [-0.2, -0.15) is 0 Å². The maximum absolute atomic E-state index is 12.3. The number of Topliss-reactive ketones (excluding diaryl/α,β-unsaturated/α-hetero) is 1. The second kappa shape index (κ2) is 9.04. The lowest BCUT2D eigenvalue weighted by Gasteiger charge is -2.07. The Morgan fingerprint density at radius 1 is 1.00 bits per heavy atom. The molecule has 0 fully saturated rings. The van der Waals surface area contributed by atoms with Gasteiger partial charge in [-0.3, -0.25) is 4.79 Å². The summed E-state index contributed by atoms with van der Waals surface area (Å²) < 4.78 is 37.0. The van der Waals surface area contributed by atoms with Gasteiger partial charge in [0.15, 0.2) is 12.4 Å². The molecule has 29 heavy (non-hydrogen) atoms. The average molecular weight is 434 g/mol. The zero-order chi connectivity index (χ0) is 20.9. The Hall–Kier alpha value is -2.94. The summed E-state index contributed by atoms with van der Waals surface area (Å²) in [7, 11) is -3.77. The van der Waals surface area contributed by atoms with Crippen LogP contribution in [-0.4, -0.2) is 26.8 Å². The number of ketones is 1. The molecule has 3 rings (SSSR count). The number of nitrogens with one attached hydrogen (secondary N) is 1. The van der Waals surface area contributed by atoms with Gasteiger partial charge in [0.25, 0.3) is 0 Å². The highest BCUT2D eigenvalue weighted by Crippen LogP contribution is 2.14. The summed E-state index contributed by atoms with van der Waals surface area (Å²) in [6, 6.07) is 14.8. The van der Waals surface area contributed by atoms with Crippen LogP contribution in [0.5, 0.6) is 0 Å². The fourth-order valence-electron chi connectivity index (χ4n) is 2.39. The van der Waals surface area contributed by atoms with Crippen molar-refractivity contribution in [2.45, 2.75) is 11.4 Å². The summed E-state index contributed by atoms with van der Waals surface area (Å²) >= 11 is 5.83.